The molecule has 4 nitrogen and oxygen atoms in total. The SMILES string of the molecule is CN1CCC(CN(C)c2ncc(CNC3CC3)s2)CC1. The van der Waals surface area contributed by atoms with Crippen LogP contribution >= 0.6 is 11.3 Å². The van der Waals surface area contributed by atoms with Crippen molar-refractivity contribution in [3.05, 3.63) is 11.1 Å². The van der Waals surface area contributed by atoms with E-state index in [0.29, 0.717) is 0 Å². The minimum atomic E-state index is 0.775. The van der Waals surface area contributed by atoms with Gasteiger partial charge in [-0.05, 0) is 51.7 Å². The highest BCUT2D eigenvalue weighted by atomic mass is 32.1. The van der Waals surface area contributed by atoms with Crippen molar-refractivity contribution in [3.63, 3.8) is 0 Å². The summed E-state index contributed by atoms with van der Waals surface area (Å²) in [5.74, 6) is 0.827. The van der Waals surface area contributed by atoms with Gasteiger partial charge >= 0.3 is 0 Å². The molecule has 20 heavy (non-hydrogen) atoms. The maximum Gasteiger partial charge on any atom is 0.185 e. The lowest BCUT2D eigenvalue weighted by Gasteiger charge is -2.31. The van der Waals surface area contributed by atoms with Crippen molar-refractivity contribution in [2.45, 2.75) is 38.3 Å². The Kier molecular flexibility index (Phi) is 4.58. The first-order valence-corrected chi connectivity index (χ1v) is 8.60. The molecular weight excluding hydrogens is 268 g/mol. The second kappa shape index (κ2) is 6.41. The van der Waals surface area contributed by atoms with Crippen molar-refractivity contribution in [1.29, 1.82) is 0 Å². The summed E-state index contributed by atoms with van der Waals surface area (Å²) < 4.78 is 0. The second-order valence-electron chi connectivity index (χ2n) is 6.39. The molecule has 0 unspecified atom stereocenters. The number of likely N-dealkylation sites (tertiary alicyclic amines) is 1. The van der Waals surface area contributed by atoms with Gasteiger partial charge in [0.15, 0.2) is 5.13 Å². The number of hydrogen-bond donors (Lipinski definition) is 1. The van der Waals surface area contributed by atoms with Gasteiger partial charge in [0, 0.05) is 37.3 Å². The van der Waals surface area contributed by atoms with E-state index < -0.39 is 0 Å². The van der Waals surface area contributed by atoms with Crippen LogP contribution in [0.25, 0.3) is 0 Å². The molecule has 2 aliphatic rings. The highest BCUT2D eigenvalue weighted by molar-refractivity contribution is 7.15. The van der Waals surface area contributed by atoms with E-state index in [-0.39, 0.29) is 0 Å². The molecule has 0 amide bonds. The molecule has 3 rings (SSSR count). The van der Waals surface area contributed by atoms with Crippen molar-refractivity contribution >= 4 is 16.5 Å². The number of nitrogens with zero attached hydrogens (tertiary/aromatic N) is 3. The topological polar surface area (TPSA) is 31.4 Å². The van der Waals surface area contributed by atoms with Crippen LogP contribution in [0.3, 0.4) is 0 Å². The summed E-state index contributed by atoms with van der Waals surface area (Å²) in [5, 5.41) is 4.74. The van der Waals surface area contributed by atoms with Crippen LogP contribution in [0.2, 0.25) is 0 Å². The van der Waals surface area contributed by atoms with E-state index in [4.69, 9.17) is 0 Å². The smallest absolute Gasteiger partial charge is 0.185 e. The molecule has 5 heteroatoms. The van der Waals surface area contributed by atoms with Crippen molar-refractivity contribution in [2.75, 3.05) is 38.6 Å². The van der Waals surface area contributed by atoms with Crippen LogP contribution in [0.4, 0.5) is 5.13 Å². The number of hydrogen-bond acceptors (Lipinski definition) is 5. The van der Waals surface area contributed by atoms with E-state index in [0.717, 1.165) is 25.0 Å². The Bertz CT molecular complexity index is 421. The average Bonchev–Trinajstić information content (AvgIpc) is 3.15. The van der Waals surface area contributed by atoms with E-state index in [1.165, 1.54) is 48.8 Å². The third-order valence-corrected chi connectivity index (χ3v) is 5.49. The molecule has 0 spiro atoms. The average molecular weight is 294 g/mol. The predicted molar refractivity (Wildman–Crippen MR) is 85.5 cm³/mol. The second-order valence-corrected chi connectivity index (χ2v) is 7.49. The molecular formula is C15H26N4S. The Hall–Kier alpha value is -0.650. The minimum Gasteiger partial charge on any atom is -0.351 e. The summed E-state index contributed by atoms with van der Waals surface area (Å²) >= 11 is 1.84. The minimum absolute atomic E-state index is 0.775. The molecule has 0 atom stereocenters. The fourth-order valence-electron chi connectivity index (χ4n) is 2.80. The first-order chi connectivity index (χ1) is 9.70. The predicted octanol–water partition coefficient (Wildman–Crippen LogP) is 2.17. The zero-order valence-corrected chi connectivity index (χ0v) is 13.5. The van der Waals surface area contributed by atoms with Gasteiger partial charge in [-0.25, -0.2) is 4.98 Å². The molecule has 0 radical (unpaired) electrons. The molecule has 1 aromatic rings. The van der Waals surface area contributed by atoms with Gasteiger partial charge in [0.05, 0.1) is 0 Å². The molecule has 2 fully saturated rings. The van der Waals surface area contributed by atoms with Crippen LogP contribution in [-0.4, -0.2) is 49.7 Å². The van der Waals surface area contributed by atoms with Gasteiger partial charge in [0.2, 0.25) is 0 Å². The fraction of sp³-hybridized carbons (Fsp3) is 0.800. The molecule has 1 aromatic heterocycles. The zero-order valence-electron chi connectivity index (χ0n) is 12.6. The number of anilines is 1. The van der Waals surface area contributed by atoms with Gasteiger partial charge in [0.25, 0.3) is 0 Å². The standard InChI is InChI=1S/C15H26N4S/c1-18-7-5-12(6-8-18)11-19(2)15-17-10-14(20-15)9-16-13-3-4-13/h10,12-13,16H,3-9,11H2,1-2H3. The largest absolute Gasteiger partial charge is 0.351 e. The summed E-state index contributed by atoms with van der Waals surface area (Å²) in [5.41, 5.74) is 0. The fourth-order valence-corrected chi connectivity index (χ4v) is 3.63. The first kappa shape index (κ1) is 14.3. The number of thiazole rings is 1. The molecule has 0 bridgehead atoms. The van der Waals surface area contributed by atoms with Crippen molar-refractivity contribution in [3.8, 4) is 0 Å². The third kappa shape index (κ3) is 3.93. The summed E-state index contributed by atoms with van der Waals surface area (Å²) in [7, 11) is 4.41. The van der Waals surface area contributed by atoms with Crippen molar-refractivity contribution < 1.29 is 0 Å². The lowest BCUT2D eigenvalue weighted by Crippen LogP contribution is -2.35. The van der Waals surface area contributed by atoms with Gasteiger partial charge in [-0.3, -0.25) is 0 Å². The summed E-state index contributed by atoms with van der Waals surface area (Å²) in [4.78, 5) is 10.7. The lowest BCUT2D eigenvalue weighted by atomic mass is 9.97. The molecule has 2 heterocycles. The summed E-state index contributed by atoms with van der Waals surface area (Å²) in [6, 6.07) is 0.775. The molecule has 1 saturated heterocycles. The third-order valence-electron chi connectivity index (χ3n) is 4.38. The molecule has 1 N–H and O–H groups in total. The van der Waals surface area contributed by atoms with Gasteiger partial charge in [-0.2, -0.15) is 0 Å². The van der Waals surface area contributed by atoms with Crippen LogP contribution in [0.15, 0.2) is 6.20 Å². The molecule has 1 saturated carbocycles. The molecule has 1 aliphatic carbocycles. The van der Waals surface area contributed by atoms with Gasteiger partial charge < -0.3 is 15.1 Å². The van der Waals surface area contributed by atoms with Crippen LogP contribution in [-0.2, 0) is 6.54 Å². The van der Waals surface area contributed by atoms with Gasteiger partial charge in [0.1, 0.15) is 0 Å². The lowest BCUT2D eigenvalue weighted by molar-refractivity contribution is 0.222. The molecule has 112 valence electrons. The van der Waals surface area contributed by atoms with Gasteiger partial charge in [-0.15, -0.1) is 11.3 Å². The van der Waals surface area contributed by atoms with E-state index >= 15 is 0 Å². The van der Waals surface area contributed by atoms with Crippen LogP contribution in [0.5, 0.6) is 0 Å². The van der Waals surface area contributed by atoms with Crippen molar-refractivity contribution in [2.24, 2.45) is 5.92 Å². The zero-order chi connectivity index (χ0) is 13.9. The van der Waals surface area contributed by atoms with Gasteiger partial charge in [-0.1, -0.05) is 0 Å². The van der Waals surface area contributed by atoms with Crippen LogP contribution < -0.4 is 10.2 Å². The number of piperidine rings is 1. The normalized spacial score (nSPS) is 21.3. The highest BCUT2D eigenvalue weighted by Crippen LogP contribution is 2.26. The Labute approximate surface area is 126 Å². The first-order valence-electron chi connectivity index (χ1n) is 7.78. The van der Waals surface area contributed by atoms with Crippen LogP contribution in [0, 0.1) is 5.92 Å². The Morgan fingerprint density at radius 1 is 1.35 bits per heavy atom. The number of rotatable bonds is 6. The maximum absolute atomic E-state index is 4.59. The Balaban J connectivity index is 1.47. The Morgan fingerprint density at radius 3 is 2.80 bits per heavy atom. The monoisotopic (exact) mass is 294 g/mol. The quantitative estimate of drug-likeness (QED) is 0.871. The highest BCUT2D eigenvalue weighted by Gasteiger charge is 2.21. The Morgan fingerprint density at radius 2 is 2.10 bits per heavy atom. The van der Waals surface area contributed by atoms with Crippen molar-refractivity contribution in [1.82, 2.24) is 15.2 Å². The summed E-state index contributed by atoms with van der Waals surface area (Å²) in [6.07, 6.45) is 7.38. The molecule has 1 aliphatic heterocycles. The van der Waals surface area contributed by atoms with E-state index in [2.05, 4.69) is 34.2 Å². The van der Waals surface area contributed by atoms with E-state index in [9.17, 15) is 0 Å². The van der Waals surface area contributed by atoms with E-state index in [1.807, 2.05) is 17.5 Å². The maximum atomic E-state index is 4.59. The van der Waals surface area contributed by atoms with E-state index in [1.54, 1.807) is 0 Å². The number of nitrogens with one attached hydrogen (secondary N) is 1. The summed E-state index contributed by atoms with van der Waals surface area (Å²) in [6.45, 7) is 4.63. The van der Waals surface area contributed by atoms with Crippen LogP contribution in [0.1, 0.15) is 30.6 Å². The molecule has 0 aromatic carbocycles. The number of aromatic nitrogens is 1.